The van der Waals surface area contributed by atoms with Crippen molar-refractivity contribution in [3.05, 3.63) is 82.7 Å². The van der Waals surface area contributed by atoms with E-state index in [9.17, 15) is 18.0 Å². The van der Waals surface area contributed by atoms with Crippen LogP contribution in [0.2, 0.25) is 0 Å². The Labute approximate surface area is 172 Å². The first-order chi connectivity index (χ1) is 14.2. The molecular weight excluding hydrogens is 395 g/mol. The van der Waals surface area contributed by atoms with E-state index in [-0.39, 0.29) is 18.9 Å². The number of carbonyl (C=O) groups is 1. The van der Waals surface area contributed by atoms with Crippen LogP contribution in [0.3, 0.4) is 0 Å². The highest BCUT2D eigenvalue weighted by molar-refractivity contribution is 5.77. The van der Waals surface area contributed by atoms with E-state index in [1.165, 1.54) is 12.1 Å². The van der Waals surface area contributed by atoms with Gasteiger partial charge in [0.15, 0.2) is 6.61 Å². The van der Waals surface area contributed by atoms with Crippen molar-refractivity contribution in [2.45, 2.75) is 33.1 Å². The minimum absolute atomic E-state index is 0.0111. The van der Waals surface area contributed by atoms with Gasteiger partial charge in [0.25, 0.3) is 5.91 Å². The van der Waals surface area contributed by atoms with Crippen LogP contribution in [0.25, 0.3) is 0 Å². The normalized spacial score (nSPS) is 11.4. The summed E-state index contributed by atoms with van der Waals surface area (Å²) in [6.07, 6.45) is -4.46. The minimum atomic E-state index is -4.46. The second kappa shape index (κ2) is 9.02. The zero-order valence-corrected chi connectivity index (χ0v) is 16.7. The number of nitrogens with zero attached hydrogens (tertiary/aromatic N) is 2. The lowest BCUT2D eigenvalue weighted by Gasteiger charge is -2.11. The average molecular weight is 417 g/mol. The van der Waals surface area contributed by atoms with Crippen LogP contribution in [0.4, 0.5) is 13.2 Å². The number of amides is 1. The van der Waals surface area contributed by atoms with Crippen molar-refractivity contribution < 1.29 is 22.7 Å². The second-order valence-corrected chi connectivity index (χ2v) is 6.88. The van der Waals surface area contributed by atoms with Crippen molar-refractivity contribution in [1.82, 2.24) is 15.1 Å². The van der Waals surface area contributed by atoms with Crippen molar-refractivity contribution in [2.75, 3.05) is 6.61 Å². The highest BCUT2D eigenvalue weighted by Gasteiger charge is 2.30. The Kier molecular flexibility index (Phi) is 6.44. The monoisotopic (exact) mass is 417 g/mol. The topological polar surface area (TPSA) is 56.2 Å². The molecule has 0 aliphatic rings. The molecule has 1 aromatic heterocycles. The third kappa shape index (κ3) is 5.40. The molecule has 0 unspecified atom stereocenters. The molecule has 0 aliphatic carbocycles. The number of carbonyl (C=O) groups excluding carboxylic acids is 1. The summed E-state index contributed by atoms with van der Waals surface area (Å²) in [7, 11) is 0. The zero-order chi connectivity index (χ0) is 21.7. The standard InChI is InChI=1S/C22H22F3N3O2/c1-15-20(16(2)28(27-15)13-17-7-4-3-5-8-17)12-26-21(29)14-30-19-10-6-9-18(11-19)22(23,24)25/h3-11H,12-14H2,1-2H3,(H,26,29). The molecule has 3 aromatic rings. The number of alkyl halides is 3. The van der Waals surface area contributed by atoms with Gasteiger partial charge in [0.1, 0.15) is 5.75 Å². The molecule has 30 heavy (non-hydrogen) atoms. The maximum absolute atomic E-state index is 12.7. The highest BCUT2D eigenvalue weighted by Crippen LogP contribution is 2.31. The molecular formula is C22H22F3N3O2. The molecule has 3 rings (SSSR count). The maximum Gasteiger partial charge on any atom is 0.416 e. The van der Waals surface area contributed by atoms with Crippen LogP contribution in [0, 0.1) is 13.8 Å². The van der Waals surface area contributed by atoms with Crippen molar-refractivity contribution in [2.24, 2.45) is 0 Å². The second-order valence-electron chi connectivity index (χ2n) is 6.88. The minimum Gasteiger partial charge on any atom is -0.484 e. The van der Waals surface area contributed by atoms with Gasteiger partial charge < -0.3 is 10.1 Å². The number of halogens is 3. The van der Waals surface area contributed by atoms with Gasteiger partial charge >= 0.3 is 6.18 Å². The summed E-state index contributed by atoms with van der Waals surface area (Å²) < 4.78 is 45.3. The molecule has 0 atom stereocenters. The predicted octanol–water partition coefficient (Wildman–Crippen LogP) is 4.26. The Morgan fingerprint density at radius 1 is 1.10 bits per heavy atom. The van der Waals surface area contributed by atoms with Gasteiger partial charge in [-0.05, 0) is 37.6 Å². The van der Waals surface area contributed by atoms with Gasteiger partial charge in [-0.1, -0.05) is 36.4 Å². The number of hydrogen-bond acceptors (Lipinski definition) is 3. The molecule has 0 bridgehead atoms. The van der Waals surface area contributed by atoms with Crippen LogP contribution in [0.15, 0.2) is 54.6 Å². The lowest BCUT2D eigenvalue weighted by atomic mass is 10.2. The fourth-order valence-corrected chi connectivity index (χ4v) is 3.05. The van der Waals surface area contributed by atoms with Crippen LogP contribution in [0.1, 0.15) is 28.1 Å². The van der Waals surface area contributed by atoms with Gasteiger partial charge in [-0.3, -0.25) is 9.48 Å². The van der Waals surface area contributed by atoms with Gasteiger partial charge in [-0.25, -0.2) is 0 Å². The fourth-order valence-electron chi connectivity index (χ4n) is 3.05. The predicted molar refractivity (Wildman–Crippen MR) is 106 cm³/mol. The van der Waals surface area contributed by atoms with Crippen LogP contribution in [-0.2, 0) is 24.1 Å². The van der Waals surface area contributed by atoms with Gasteiger partial charge in [-0.2, -0.15) is 18.3 Å². The molecule has 2 aromatic carbocycles. The molecule has 8 heteroatoms. The Hall–Kier alpha value is -3.29. The Morgan fingerprint density at radius 3 is 2.53 bits per heavy atom. The summed E-state index contributed by atoms with van der Waals surface area (Å²) in [4.78, 5) is 12.1. The smallest absolute Gasteiger partial charge is 0.416 e. The lowest BCUT2D eigenvalue weighted by molar-refractivity contribution is -0.137. The van der Waals surface area contributed by atoms with E-state index in [1.807, 2.05) is 48.9 Å². The number of nitrogens with one attached hydrogen (secondary N) is 1. The van der Waals surface area contributed by atoms with Gasteiger partial charge in [0.05, 0.1) is 17.8 Å². The van der Waals surface area contributed by atoms with Gasteiger partial charge in [0.2, 0.25) is 0 Å². The highest BCUT2D eigenvalue weighted by atomic mass is 19.4. The molecule has 1 heterocycles. The van der Waals surface area contributed by atoms with Crippen molar-refractivity contribution in [3.63, 3.8) is 0 Å². The molecule has 0 spiro atoms. The molecule has 158 valence electrons. The Morgan fingerprint density at radius 2 is 1.83 bits per heavy atom. The van der Waals surface area contributed by atoms with E-state index in [4.69, 9.17) is 4.74 Å². The zero-order valence-electron chi connectivity index (χ0n) is 16.7. The fraction of sp³-hybridized carbons (Fsp3) is 0.273. The van der Waals surface area contributed by atoms with Crippen LogP contribution in [0.5, 0.6) is 5.75 Å². The number of rotatable bonds is 7. The van der Waals surface area contributed by atoms with Gasteiger partial charge in [-0.15, -0.1) is 0 Å². The number of ether oxygens (including phenoxy) is 1. The number of benzene rings is 2. The molecule has 1 amide bonds. The summed E-state index contributed by atoms with van der Waals surface area (Å²) in [5, 5.41) is 7.27. The number of aryl methyl sites for hydroxylation is 1. The Bertz CT molecular complexity index is 1010. The summed E-state index contributed by atoms with van der Waals surface area (Å²) in [6, 6.07) is 14.4. The molecule has 0 saturated heterocycles. The number of aromatic nitrogens is 2. The average Bonchev–Trinajstić information content (AvgIpc) is 2.98. The van der Waals surface area contributed by atoms with E-state index >= 15 is 0 Å². The molecule has 0 aliphatic heterocycles. The largest absolute Gasteiger partial charge is 0.484 e. The van der Waals surface area contributed by atoms with Crippen molar-refractivity contribution >= 4 is 5.91 Å². The van der Waals surface area contributed by atoms with E-state index in [1.54, 1.807) is 0 Å². The SMILES string of the molecule is Cc1nn(Cc2ccccc2)c(C)c1CNC(=O)COc1cccc(C(F)(F)F)c1. The van der Waals surface area contributed by atoms with Crippen molar-refractivity contribution in [1.29, 1.82) is 0 Å². The first kappa shape index (κ1) is 21.4. The third-order valence-corrected chi connectivity index (χ3v) is 4.70. The number of hydrogen-bond donors (Lipinski definition) is 1. The molecule has 0 radical (unpaired) electrons. The summed E-state index contributed by atoms with van der Waals surface area (Å²) >= 11 is 0. The molecule has 0 saturated carbocycles. The molecule has 5 nitrogen and oxygen atoms in total. The third-order valence-electron chi connectivity index (χ3n) is 4.70. The van der Waals surface area contributed by atoms with Crippen LogP contribution < -0.4 is 10.1 Å². The van der Waals surface area contributed by atoms with Crippen molar-refractivity contribution in [3.8, 4) is 5.75 Å². The lowest BCUT2D eigenvalue weighted by Crippen LogP contribution is -2.28. The van der Waals surface area contributed by atoms with E-state index < -0.39 is 17.6 Å². The van der Waals surface area contributed by atoms with E-state index in [0.717, 1.165) is 34.6 Å². The maximum atomic E-state index is 12.7. The summed E-state index contributed by atoms with van der Waals surface area (Å²) in [6.45, 7) is 4.31. The molecule has 0 fully saturated rings. The summed E-state index contributed by atoms with van der Waals surface area (Å²) in [5.74, 6) is -0.440. The first-order valence-electron chi connectivity index (χ1n) is 9.37. The van der Waals surface area contributed by atoms with E-state index in [0.29, 0.717) is 6.54 Å². The van der Waals surface area contributed by atoms with E-state index in [2.05, 4.69) is 10.4 Å². The van der Waals surface area contributed by atoms with Crippen LogP contribution in [-0.4, -0.2) is 22.3 Å². The van der Waals surface area contributed by atoms with Gasteiger partial charge in [0, 0.05) is 17.8 Å². The Balaban J connectivity index is 1.56. The van der Waals surface area contributed by atoms with Crippen LogP contribution >= 0.6 is 0 Å². The first-order valence-corrected chi connectivity index (χ1v) is 9.37. The summed E-state index contributed by atoms with van der Waals surface area (Å²) in [5.41, 5.74) is 2.95. The quantitative estimate of drug-likeness (QED) is 0.625. The molecule has 1 N–H and O–H groups in total.